The molecule has 2 N–H and O–H groups in total. The molecular weight excluding hydrogens is 184 g/mol. The van der Waals surface area contributed by atoms with Gasteiger partial charge in [0.2, 0.25) is 0 Å². The van der Waals surface area contributed by atoms with E-state index in [1.165, 1.54) is 5.56 Å². The topological polar surface area (TPSA) is 42.4 Å². The number of nitrogens with zero attached hydrogens (tertiary/aromatic N) is 1. The van der Waals surface area contributed by atoms with Gasteiger partial charge < -0.3 is 15.1 Å². The van der Waals surface area contributed by atoms with Crippen molar-refractivity contribution in [1.29, 1.82) is 0 Å². The van der Waals surface area contributed by atoms with Crippen molar-refractivity contribution in [1.82, 2.24) is 4.90 Å². The minimum atomic E-state index is 0.506. The fourth-order valence-corrected chi connectivity index (χ4v) is 1.91. The minimum Gasteiger partial charge on any atom is -0.472 e. The van der Waals surface area contributed by atoms with Crippen molar-refractivity contribution in [2.75, 3.05) is 13.1 Å². The van der Waals surface area contributed by atoms with Gasteiger partial charge in [0, 0.05) is 19.0 Å². The van der Waals surface area contributed by atoms with Crippen molar-refractivity contribution in [3.8, 4) is 0 Å². The molecule has 1 aromatic heterocycles. The van der Waals surface area contributed by atoms with Gasteiger partial charge in [0.1, 0.15) is 0 Å². The molecule has 4 heteroatoms. The molecule has 1 atom stereocenters. The fourth-order valence-electron chi connectivity index (χ4n) is 1.74. The first-order valence-corrected chi connectivity index (χ1v) is 4.74. The molecule has 3 nitrogen and oxygen atoms in total. The largest absolute Gasteiger partial charge is 0.472 e. The third-order valence-electron chi connectivity index (χ3n) is 2.51. The van der Waals surface area contributed by atoms with E-state index in [4.69, 9.17) is 22.4 Å². The molecule has 0 bridgehead atoms. The van der Waals surface area contributed by atoms with Crippen LogP contribution in [0.25, 0.3) is 0 Å². The van der Waals surface area contributed by atoms with E-state index < -0.39 is 0 Å². The first-order valence-electron chi connectivity index (χ1n) is 4.34. The summed E-state index contributed by atoms with van der Waals surface area (Å²) >= 11 is 4.92. The van der Waals surface area contributed by atoms with Crippen molar-refractivity contribution in [3.05, 3.63) is 24.2 Å². The zero-order valence-corrected chi connectivity index (χ0v) is 8.09. The van der Waals surface area contributed by atoms with Gasteiger partial charge in [0.05, 0.1) is 12.5 Å². The number of furan rings is 1. The third-order valence-corrected chi connectivity index (χ3v) is 2.77. The maximum atomic E-state index is 5.55. The smallest absolute Gasteiger partial charge is 0.166 e. The summed E-state index contributed by atoms with van der Waals surface area (Å²) in [7, 11) is 0. The van der Waals surface area contributed by atoms with Gasteiger partial charge in [0.25, 0.3) is 0 Å². The summed E-state index contributed by atoms with van der Waals surface area (Å²) in [6.07, 6.45) is 4.61. The molecule has 1 aliphatic rings. The number of thiocarbonyl (C=S) groups is 1. The molecule has 0 aromatic carbocycles. The molecule has 1 saturated heterocycles. The summed E-state index contributed by atoms with van der Waals surface area (Å²) in [5.41, 5.74) is 6.80. The van der Waals surface area contributed by atoms with Crippen LogP contribution in [0.3, 0.4) is 0 Å². The van der Waals surface area contributed by atoms with E-state index in [2.05, 4.69) is 0 Å². The Morgan fingerprint density at radius 3 is 3.08 bits per heavy atom. The van der Waals surface area contributed by atoms with Gasteiger partial charge in [-0.3, -0.25) is 0 Å². The molecule has 0 unspecified atom stereocenters. The van der Waals surface area contributed by atoms with E-state index in [1.54, 1.807) is 12.5 Å². The number of rotatable bonds is 1. The highest BCUT2D eigenvalue weighted by molar-refractivity contribution is 7.80. The van der Waals surface area contributed by atoms with Gasteiger partial charge >= 0.3 is 0 Å². The lowest BCUT2D eigenvalue weighted by molar-refractivity contribution is 0.512. The van der Waals surface area contributed by atoms with Crippen LogP contribution in [0.1, 0.15) is 17.9 Å². The highest BCUT2D eigenvalue weighted by Gasteiger charge is 2.24. The zero-order valence-electron chi connectivity index (χ0n) is 7.27. The lowest BCUT2D eigenvalue weighted by Crippen LogP contribution is -2.33. The Morgan fingerprint density at radius 2 is 2.54 bits per heavy atom. The highest BCUT2D eigenvalue weighted by atomic mass is 32.1. The summed E-state index contributed by atoms with van der Waals surface area (Å²) in [6, 6.07) is 2.01. The molecule has 0 amide bonds. The lowest BCUT2D eigenvalue weighted by atomic mass is 10.0. The quantitative estimate of drug-likeness (QED) is 0.688. The van der Waals surface area contributed by atoms with Crippen LogP contribution in [-0.2, 0) is 0 Å². The van der Waals surface area contributed by atoms with Crippen LogP contribution >= 0.6 is 12.2 Å². The summed E-state index contributed by atoms with van der Waals surface area (Å²) in [4.78, 5) is 2.03. The second-order valence-electron chi connectivity index (χ2n) is 3.33. The molecule has 1 aliphatic heterocycles. The van der Waals surface area contributed by atoms with Crippen LogP contribution in [0.15, 0.2) is 23.0 Å². The van der Waals surface area contributed by atoms with Gasteiger partial charge in [0.15, 0.2) is 5.11 Å². The molecule has 0 aliphatic carbocycles. The average molecular weight is 196 g/mol. The van der Waals surface area contributed by atoms with Gasteiger partial charge in [-0.2, -0.15) is 0 Å². The van der Waals surface area contributed by atoms with E-state index >= 15 is 0 Å². The van der Waals surface area contributed by atoms with Crippen LogP contribution in [0.5, 0.6) is 0 Å². The third kappa shape index (κ3) is 1.67. The molecule has 0 radical (unpaired) electrons. The van der Waals surface area contributed by atoms with Crippen molar-refractivity contribution in [2.45, 2.75) is 12.3 Å². The molecular formula is C9H12N2OS. The van der Waals surface area contributed by atoms with Crippen LogP contribution in [0.2, 0.25) is 0 Å². The predicted octanol–water partition coefficient (Wildman–Crippen LogP) is 1.31. The monoisotopic (exact) mass is 196 g/mol. The number of likely N-dealkylation sites (tertiary alicyclic amines) is 1. The molecule has 13 heavy (non-hydrogen) atoms. The Morgan fingerprint density at radius 1 is 1.69 bits per heavy atom. The van der Waals surface area contributed by atoms with Crippen molar-refractivity contribution < 1.29 is 4.42 Å². The van der Waals surface area contributed by atoms with E-state index in [0.717, 1.165) is 19.5 Å². The number of hydrogen-bond acceptors (Lipinski definition) is 2. The molecule has 0 saturated carbocycles. The van der Waals surface area contributed by atoms with E-state index in [0.29, 0.717) is 11.0 Å². The summed E-state index contributed by atoms with van der Waals surface area (Å²) in [5.74, 6) is 0.528. The molecule has 1 aromatic rings. The standard InChI is InChI=1S/C9H12N2OS/c10-9(13)11-3-1-7(5-11)8-2-4-12-6-8/h2,4,6-7H,1,3,5H2,(H2,10,13)/t7-/m1/s1. The second kappa shape index (κ2) is 3.38. The summed E-state index contributed by atoms with van der Waals surface area (Å²) < 4.78 is 5.04. The van der Waals surface area contributed by atoms with Crippen LogP contribution in [0.4, 0.5) is 0 Å². The fraction of sp³-hybridized carbons (Fsp3) is 0.444. The molecule has 0 spiro atoms. The first kappa shape index (κ1) is 8.56. The van der Waals surface area contributed by atoms with E-state index in [9.17, 15) is 0 Å². The Kier molecular flexibility index (Phi) is 2.22. The first-order chi connectivity index (χ1) is 6.27. The minimum absolute atomic E-state index is 0.506. The zero-order chi connectivity index (χ0) is 9.26. The Labute approximate surface area is 82.5 Å². The second-order valence-corrected chi connectivity index (χ2v) is 3.74. The molecule has 2 rings (SSSR count). The maximum absolute atomic E-state index is 5.55. The molecule has 1 fully saturated rings. The summed E-state index contributed by atoms with van der Waals surface area (Å²) in [5, 5.41) is 0.506. The van der Waals surface area contributed by atoms with Gasteiger partial charge in [-0.1, -0.05) is 0 Å². The van der Waals surface area contributed by atoms with Crippen molar-refractivity contribution in [2.24, 2.45) is 5.73 Å². The molecule has 2 heterocycles. The van der Waals surface area contributed by atoms with Crippen molar-refractivity contribution in [3.63, 3.8) is 0 Å². The van der Waals surface area contributed by atoms with Gasteiger partial charge in [-0.15, -0.1) is 0 Å². The number of hydrogen-bond donors (Lipinski definition) is 1. The van der Waals surface area contributed by atoms with Gasteiger partial charge in [-0.25, -0.2) is 0 Å². The Bertz CT molecular complexity index is 297. The van der Waals surface area contributed by atoms with E-state index in [1.807, 2.05) is 11.0 Å². The van der Waals surface area contributed by atoms with Crippen molar-refractivity contribution >= 4 is 17.3 Å². The van der Waals surface area contributed by atoms with Crippen LogP contribution in [-0.4, -0.2) is 23.1 Å². The molecule has 70 valence electrons. The summed E-state index contributed by atoms with van der Waals surface area (Å²) in [6.45, 7) is 1.89. The predicted molar refractivity (Wildman–Crippen MR) is 54.4 cm³/mol. The Hall–Kier alpha value is -1.03. The average Bonchev–Trinajstić information content (AvgIpc) is 2.75. The highest BCUT2D eigenvalue weighted by Crippen LogP contribution is 2.26. The normalized spacial score (nSPS) is 22.2. The van der Waals surface area contributed by atoms with Crippen LogP contribution in [0, 0.1) is 0 Å². The van der Waals surface area contributed by atoms with E-state index in [-0.39, 0.29) is 0 Å². The SMILES string of the molecule is NC(=S)N1CC[C@@H](c2ccoc2)C1. The lowest BCUT2D eigenvalue weighted by Gasteiger charge is -2.14. The van der Waals surface area contributed by atoms with Crippen LogP contribution < -0.4 is 5.73 Å². The van der Waals surface area contributed by atoms with Gasteiger partial charge in [-0.05, 0) is 30.3 Å². The Balaban J connectivity index is 2.03. The number of nitrogens with two attached hydrogens (primary N) is 1. The maximum Gasteiger partial charge on any atom is 0.166 e.